The summed E-state index contributed by atoms with van der Waals surface area (Å²) < 4.78 is 27.4. The summed E-state index contributed by atoms with van der Waals surface area (Å²) >= 11 is -0.801. The molecule has 1 fully saturated rings. The molecule has 1 aliphatic rings. The molecule has 0 bridgehead atoms. The average Bonchev–Trinajstić information content (AvgIpc) is 2.97. The number of carbonyl (C=O) groups is 6. The molecule has 0 radical (unpaired) electrons. The van der Waals surface area contributed by atoms with Crippen LogP contribution in [0.3, 0.4) is 0 Å². The Bertz CT molecular complexity index is 1380. The predicted molar refractivity (Wildman–Crippen MR) is 155 cm³/mol. The van der Waals surface area contributed by atoms with E-state index < -0.39 is 82.0 Å². The van der Waals surface area contributed by atoms with Gasteiger partial charge in [0.2, 0.25) is 0 Å². The SMILES string of the molecule is CC(=O)OC[C@H]1O[C@@H](OC(C)=O)[C@H](N=C(NC(=O)c2ccccc2)[Se]CC(=O)c2ccccc2)[C@@H](OC(C)=O)[C@@H]1OC(C)=O. The third-order valence-electron chi connectivity index (χ3n) is 5.91. The van der Waals surface area contributed by atoms with Crippen LogP contribution in [0, 0.1) is 0 Å². The van der Waals surface area contributed by atoms with Gasteiger partial charge in [0.25, 0.3) is 0 Å². The number of benzene rings is 2. The van der Waals surface area contributed by atoms with Gasteiger partial charge in [-0.15, -0.1) is 0 Å². The molecule has 1 saturated heterocycles. The summed E-state index contributed by atoms with van der Waals surface area (Å²) in [5.41, 5.74) is 0.764. The topological polar surface area (TPSA) is 173 Å². The van der Waals surface area contributed by atoms with E-state index in [1.165, 1.54) is 0 Å². The number of esters is 4. The Hall–Kier alpha value is -4.39. The fourth-order valence-electron chi connectivity index (χ4n) is 4.12. The second kappa shape index (κ2) is 16.5. The Labute approximate surface area is 259 Å². The number of carbonyl (C=O) groups excluding carboxylic acids is 6. The van der Waals surface area contributed by atoms with E-state index in [1.807, 2.05) is 0 Å². The summed E-state index contributed by atoms with van der Waals surface area (Å²) in [5.74, 6) is -3.75. The Morgan fingerprint density at radius 1 is 0.750 bits per heavy atom. The first-order valence-electron chi connectivity index (χ1n) is 13.4. The second-order valence-electron chi connectivity index (χ2n) is 9.43. The zero-order chi connectivity index (χ0) is 32.2. The van der Waals surface area contributed by atoms with E-state index in [-0.39, 0.29) is 15.8 Å². The van der Waals surface area contributed by atoms with Crippen molar-refractivity contribution in [3.63, 3.8) is 0 Å². The van der Waals surface area contributed by atoms with E-state index in [2.05, 4.69) is 10.3 Å². The minimum atomic E-state index is -1.53. The zero-order valence-corrected chi connectivity index (χ0v) is 26.1. The van der Waals surface area contributed by atoms with Crippen molar-refractivity contribution in [2.45, 2.75) is 63.7 Å². The van der Waals surface area contributed by atoms with Gasteiger partial charge in [-0.2, -0.15) is 0 Å². The molecule has 13 nitrogen and oxygen atoms in total. The van der Waals surface area contributed by atoms with Crippen molar-refractivity contribution in [3.8, 4) is 0 Å². The molecule has 0 unspecified atom stereocenters. The molecular weight excluding hydrogens is 643 g/mol. The molecule has 0 aromatic heterocycles. The van der Waals surface area contributed by atoms with Gasteiger partial charge in [-0.25, -0.2) is 0 Å². The molecule has 3 rings (SSSR count). The van der Waals surface area contributed by atoms with Gasteiger partial charge in [-0.05, 0) is 0 Å². The molecule has 2 aromatic carbocycles. The number of amidine groups is 1. The van der Waals surface area contributed by atoms with Crippen LogP contribution in [0.5, 0.6) is 0 Å². The Morgan fingerprint density at radius 3 is 1.84 bits per heavy atom. The molecule has 14 heteroatoms. The van der Waals surface area contributed by atoms with Gasteiger partial charge >= 0.3 is 260 Å². The summed E-state index contributed by atoms with van der Waals surface area (Å²) in [7, 11) is 0. The maximum absolute atomic E-state index is 13.2. The molecule has 1 heterocycles. The van der Waals surface area contributed by atoms with Crippen molar-refractivity contribution < 1.29 is 52.5 Å². The van der Waals surface area contributed by atoms with E-state index in [0.717, 1.165) is 27.7 Å². The summed E-state index contributed by atoms with van der Waals surface area (Å²) in [6, 6.07) is 15.4. The zero-order valence-electron chi connectivity index (χ0n) is 24.4. The van der Waals surface area contributed by atoms with Crippen molar-refractivity contribution in [3.05, 3.63) is 71.8 Å². The van der Waals surface area contributed by atoms with Gasteiger partial charge < -0.3 is 0 Å². The normalized spacial score (nSPS) is 21.4. The maximum atomic E-state index is 13.2. The monoisotopic (exact) mass is 676 g/mol. The number of rotatable bonds is 11. The minimum absolute atomic E-state index is 0.0165. The van der Waals surface area contributed by atoms with E-state index >= 15 is 0 Å². The number of amides is 1. The van der Waals surface area contributed by atoms with Crippen molar-refractivity contribution in [2.24, 2.45) is 4.99 Å². The molecule has 5 atom stereocenters. The summed E-state index contributed by atoms with van der Waals surface area (Å²) in [4.78, 5) is 78.7. The molecule has 0 saturated carbocycles. The van der Waals surface area contributed by atoms with Crippen LogP contribution in [0.1, 0.15) is 48.4 Å². The Morgan fingerprint density at radius 2 is 1.30 bits per heavy atom. The van der Waals surface area contributed by atoms with Crippen LogP contribution in [-0.2, 0) is 42.9 Å². The van der Waals surface area contributed by atoms with Gasteiger partial charge in [0, 0.05) is 0 Å². The standard InChI is InChI=1S/C30H32N2O11Se/c1-17(33)39-15-24-26(40-18(2)34)27(41-19(3)35)25(29(43-24)42-20(4)36)31-30(32-28(38)22-13-9-6-10-14-22)44-16-23(37)21-11-7-5-8-12-21/h5-14,24-27,29H,15-16H2,1-4H3,(H,31,32,38)/t24-,25-,26-,27-,29-/m1/s1. The molecule has 44 heavy (non-hydrogen) atoms. The Kier molecular flexibility index (Phi) is 12.8. The molecule has 0 aliphatic carbocycles. The number of hydrogen-bond acceptors (Lipinski definition) is 12. The van der Waals surface area contributed by atoms with Gasteiger partial charge in [0.1, 0.15) is 0 Å². The van der Waals surface area contributed by atoms with Crippen LogP contribution in [-0.4, -0.2) is 92.5 Å². The third-order valence-corrected chi connectivity index (χ3v) is 7.77. The van der Waals surface area contributed by atoms with E-state index in [4.69, 9.17) is 23.7 Å². The molecule has 0 spiro atoms. The van der Waals surface area contributed by atoms with Crippen LogP contribution < -0.4 is 5.32 Å². The first kappa shape index (κ1) is 34.1. The number of aliphatic imine (C=N–C) groups is 1. The fraction of sp³-hybridized carbons (Fsp3) is 0.367. The summed E-state index contributed by atoms with van der Waals surface area (Å²) in [6.07, 6.45) is -5.54. The third kappa shape index (κ3) is 10.4. The predicted octanol–water partition coefficient (Wildman–Crippen LogP) is 1.86. The summed E-state index contributed by atoms with van der Waals surface area (Å²) in [6.45, 7) is 4.07. The summed E-state index contributed by atoms with van der Waals surface area (Å²) in [5, 5.41) is 2.70. The number of ether oxygens (including phenoxy) is 5. The molecule has 234 valence electrons. The second-order valence-corrected chi connectivity index (χ2v) is 11.4. The molecule has 1 aliphatic heterocycles. The first-order valence-corrected chi connectivity index (χ1v) is 15.5. The van der Waals surface area contributed by atoms with Crippen molar-refractivity contribution in [1.29, 1.82) is 0 Å². The molecule has 2 aromatic rings. The van der Waals surface area contributed by atoms with Crippen LogP contribution in [0.4, 0.5) is 0 Å². The number of nitrogens with one attached hydrogen (secondary N) is 1. The van der Waals surface area contributed by atoms with Gasteiger partial charge in [-0.3, -0.25) is 0 Å². The van der Waals surface area contributed by atoms with Gasteiger partial charge in [0.05, 0.1) is 0 Å². The molecular formula is C30H32N2O11Se. The number of hydrogen-bond donors (Lipinski definition) is 1. The number of nitrogens with zero attached hydrogens (tertiary/aromatic N) is 1. The van der Waals surface area contributed by atoms with Crippen LogP contribution in [0.25, 0.3) is 0 Å². The van der Waals surface area contributed by atoms with Crippen molar-refractivity contribution >= 4 is 55.3 Å². The van der Waals surface area contributed by atoms with Crippen LogP contribution in [0.2, 0.25) is 5.32 Å². The van der Waals surface area contributed by atoms with E-state index in [1.54, 1.807) is 60.7 Å². The molecule has 1 amide bonds. The number of Topliss-reactive ketones (excluding diaryl/α,β-unsaturated/α-hetero) is 1. The van der Waals surface area contributed by atoms with Crippen molar-refractivity contribution in [2.75, 3.05) is 6.61 Å². The Balaban J connectivity index is 2.07. The van der Waals surface area contributed by atoms with Crippen LogP contribution in [0.15, 0.2) is 65.7 Å². The van der Waals surface area contributed by atoms with E-state index in [9.17, 15) is 28.8 Å². The average molecular weight is 676 g/mol. The van der Waals surface area contributed by atoms with Gasteiger partial charge in [0.15, 0.2) is 0 Å². The number of ketones is 1. The van der Waals surface area contributed by atoms with Gasteiger partial charge in [-0.1, -0.05) is 0 Å². The molecule has 1 N–H and O–H groups in total. The van der Waals surface area contributed by atoms with Crippen molar-refractivity contribution in [1.82, 2.24) is 5.32 Å². The fourth-order valence-corrected chi connectivity index (χ4v) is 5.79. The van der Waals surface area contributed by atoms with Crippen LogP contribution >= 0.6 is 0 Å². The van der Waals surface area contributed by atoms with E-state index in [0.29, 0.717) is 11.1 Å². The first-order chi connectivity index (χ1) is 20.9. The quantitative estimate of drug-likeness (QED) is 0.0920.